The minimum Gasteiger partial charge on any atom is -0.466 e. The van der Waals surface area contributed by atoms with Gasteiger partial charge in [0.15, 0.2) is 5.11 Å². The van der Waals surface area contributed by atoms with Gasteiger partial charge in [0.05, 0.1) is 18.7 Å². The number of ether oxygens (including phenoxy) is 1. The number of esters is 1. The van der Waals surface area contributed by atoms with Crippen molar-refractivity contribution in [2.75, 3.05) is 19.5 Å². The SMILES string of the molecule is COC(=O)C1=C(C)N(C)C(=S)NC1c1cccc(NC(=O)c2ccc(C)cc2)c1. The van der Waals surface area contributed by atoms with Crippen molar-refractivity contribution in [3.63, 3.8) is 0 Å². The second-order valence-corrected chi connectivity index (χ2v) is 7.26. The Morgan fingerprint density at radius 1 is 1.14 bits per heavy atom. The second kappa shape index (κ2) is 8.45. The molecule has 1 atom stereocenters. The van der Waals surface area contributed by atoms with Crippen molar-refractivity contribution in [3.05, 3.63) is 76.5 Å². The van der Waals surface area contributed by atoms with Crippen LogP contribution in [0.2, 0.25) is 0 Å². The lowest BCUT2D eigenvalue weighted by Gasteiger charge is -2.35. The number of nitrogens with zero attached hydrogens (tertiary/aromatic N) is 1. The molecule has 1 amide bonds. The van der Waals surface area contributed by atoms with E-state index in [1.165, 1.54) is 7.11 Å². The first kappa shape index (κ1) is 20.5. The average molecular weight is 410 g/mol. The lowest BCUT2D eigenvalue weighted by Crippen LogP contribution is -2.46. The highest BCUT2D eigenvalue weighted by molar-refractivity contribution is 7.80. The molecule has 2 N–H and O–H groups in total. The number of carbonyl (C=O) groups excluding carboxylic acids is 2. The van der Waals surface area contributed by atoms with Crippen LogP contribution in [0.1, 0.15) is 34.5 Å². The quantitative estimate of drug-likeness (QED) is 0.594. The Hall–Kier alpha value is -3.19. The molecule has 7 heteroatoms. The maximum atomic E-state index is 12.5. The van der Waals surface area contributed by atoms with Crippen molar-refractivity contribution in [1.82, 2.24) is 10.2 Å². The van der Waals surface area contributed by atoms with Gasteiger partial charge in [0.2, 0.25) is 0 Å². The molecule has 1 heterocycles. The summed E-state index contributed by atoms with van der Waals surface area (Å²) in [6.07, 6.45) is 0. The largest absolute Gasteiger partial charge is 0.466 e. The van der Waals surface area contributed by atoms with Crippen LogP contribution < -0.4 is 10.6 Å². The lowest BCUT2D eigenvalue weighted by atomic mass is 9.95. The standard InChI is InChI=1S/C22H23N3O3S/c1-13-8-10-15(11-9-13)20(26)23-17-7-5-6-16(12-17)19-18(21(27)28-4)14(2)25(3)22(29)24-19/h5-12,19H,1-4H3,(H,23,26)(H,24,29). The van der Waals surface area contributed by atoms with E-state index in [1.807, 2.05) is 44.2 Å². The number of hydrogen-bond acceptors (Lipinski definition) is 4. The fourth-order valence-electron chi connectivity index (χ4n) is 3.16. The predicted octanol–water partition coefficient (Wildman–Crippen LogP) is 3.56. The van der Waals surface area contributed by atoms with Crippen molar-refractivity contribution in [3.8, 4) is 0 Å². The number of rotatable bonds is 4. The van der Waals surface area contributed by atoms with Crippen LogP contribution in [0, 0.1) is 6.92 Å². The Morgan fingerprint density at radius 3 is 2.48 bits per heavy atom. The zero-order valence-corrected chi connectivity index (χ0v) is 17.6. The number of nitrogens with one attached hydrogen (secondary N) is 2. The molecule has 0 saturated carbocycles. The van der Waals surface area contributed by atoms with Crippen molar-refractivity contribution < 1.29 is 14.3 Å². The highest BCUT2D eigenvalue weighted by atomic mass is 32.1. The number of carbonyl (C=O) groups is 2. The first-order chi connectivity index (χ1) is 13.8. The molecule has 0 bridgehead atoms. The van der Waals surface area contributed by atoms with Crippen molar-refractivity contribution >= 4 is 34.9 Å². The highest BCUT2D eigenvalue weighted by Gasteiger charge is 2.33. The third kappa shape index (κ3) is 4.30. The van der Waals surface area contributed by atoms with E-state index in [-0.39, 0.29) is 5.91 Å². The number of amides is 1. The van der Waals surface area contributed by atoms with Crippen molar-refractivity contribution in [2.45, 2.75) is 19.9 Å². The van der Waals surface area contributed by atoms with Crippen LogP contribution in [-0.4, -0.2) is 36.0 Å². The van der Waals surface area contributed by atoms with Gasteiger partial charge in [-0.1, -0.05) is 29.8 Å². The molecule has 0 saturated heterocycles. The molecule has 1 aliphatic heterocycles. The van der Waals surface area contributed by atoms with Gasteiger partial charge < -0.3 is 20.3 Å². The van der Waals surface area contributed by atoms with Crippen LogP contribution >= 0.6 is 12.2 Å². The Morgan fingerprint density at radius 2 is 1.83 bits per heavy atom. The van der Waals surface area contributed by atoms with Gasteiger partial charge >= 0.3 is 5.97 Å². The van der Waals surface area contributed by atoms with E-state index in [1.54, 1.807) is 30.1 Å². The first-order valence-corrected chi connectivity index (χ1v) is 9.54. The van der Waals surface area contributed by atoms with E-state index in [2.05, 4.69) is 10.6 Å². The number of thiocarbonyl (C=S) groups is 1. The first-order valence-electron chi connectivity index (χ1n) is 9.13. The number of methoxy groups -OCH3 is 1. The topological polar surface area (TPSA) is 70.7 Å². The van der Waals surface area contributed by atoms with Gasteiger partial charge in [-0.3, -0.25) is 4.79 Å². The number of allylic oxidation sites excluding steroid dienone is 1. The fourth-order valence-corrected chi connectivity index (χ4v) is 3.42. The second-order valence-electron chi connectivity index (χ2n) is 6.88. The van der Waals surface area contributed by atoms with E-state index in [4.69, 9.17) is 17.0 Å². The molecule has 2 aromatic carbocycles. The Balaban J connectivity index is 1.91. The zero-order valence-electron chi connectivity index (χ0n) is 16.8. The zero-order chi connectivity index (χ0) is 21.1. The molecule has 0 spiro atoms. The normalized spacial score (nSPS) is 16.3. The maximum absolute atomic E-state index is 12.5. The van der Waals surface area contributed by atoms with Crippen LogP contribution in [0.5, 0.6) is 0 Å². The van der Waals surface area contributed by atoms with E-state index < -0.39 is 12.0 Å². The van der Waals surface area contributed by atoms with Crippen LogP contribution in [0.3, 0.4) is 0 Å². The molecule has 0 aromatic heterocycles. The van der Waals surface area contributed by atoms with E-state index in [9.17, 15) is 9.59 Å². The number of hydrogen-bond donors (Lipinski definition) is 2. The summed E-state index contributed by atoms with van der Waals surface area (Å²) in [6.45, 7) is 3.80. The average Bonchev–Trinajstić information content (AvgIpc) is 2.72. The Labute approximate surface area is 175 Å². The highest BCUT2D eigenvalue weighted by Crippen LogP contribution is 2.31. The van der Waals surface area contributed by atoms with Gasteiger partial charge in [-0.05, 0) is 55.9 Å². The molecular weight excluding hydrogens is 386 g/mol. The lowest BCUT2D eigenvalue weighted by molar-refractivity contribution is -0.136. The van der Waals surface area contributed by atoms with E-state index in [0.717, 1.165) is 16.8 Å². The molecule has 1 aliphatic rings. The summed E-state index contributed by atoms with van der Waals surface area (Å²) < 4.78 is 4.98. The van der Waals surface area contributed by atoms with Gasteiger partial charge in [-0.25, -0.2) is 4.79 Å². The maximum Gasteiger partial charge on any atom is 0.337 e. The number of benzene rings is 2. The molecule has 0 aliphatic carbocycles. The van der Waals surface area contributed by atoms with Gasteiger partial charge in [-0.2, -0.15) is 0 Å². The summed E-state index contributed by atoms with van der Waals surface area (Å²) >= 11 is 5.39. The van der Waals surface area contributed by atoms with E-state index in [0.29, 0.717) is 21.9 Å². The van der Waals surface area contributed by atoms with Crippen LogP contribution in [0.25, 0.3) is 0 Å². The monoisotopic (exact) mass is 409 g/mol. The minimum atomic E-state index is -0.470. The molecule has 150 valence electrons. The summed E-state index contributed by atoms with van der Waals surface area (Å²) in [5, 5.41) is 6.60. The Bertz CT molecular complexity index is 999. The summed E-state index contributed by atoms with van der Waals surface area (Å²) in [5.74, 6) is -0.627. The Kier molecular flexibility index (Phi) is 5.98. The van der Waals surface area contributed by atoms with Crippen LogP contribution in [-0.2, 0) is 9.53 Å². The molecule has 3 rings (SSSR count). The summed E-state index contributed by atoms with van der Waals surface area (Å²) in [5.41, 5.74) is 4.28. The van der Waals surface area contributed by atoms with Gasteiger partial charge in [0, 0.05) is 24.0 Å². The third-order valence-corrected chi connectivity index (χ3v) is 5.34. The summed E-state index contributed by atoms with van der Waals surface area (Å²) in [7, 11) is 3.15. The molecule has 1 unspecified atom stereocenters. The van der Waals surface area contributed by atoms with Gasteiger partial charge in [0.1, 0.15) is 0 Å². The summed E-state index contributed by atoms with van der Waals surface area (Å²) in [4.78, 5) is 26.7. The van der Waals surface area contributed by atoms with Crippen LogP contribution in [0.4, 0.5) is 5.69 Å². The predicted molar refractivity (Wildman–Crippen MR) is 117 cm³/mol. The van der Waals surface area contributed by atoms with E-state index >= 15 is 0 Å². The third-order valence-electron chi connectivity index (χ3n) is 4.95. The number of anilines is 1. The van der Waals surface area contributed by atoms with Gasteiger partial charge in [-0.15, -0.1) is 0 Å². The fraction of sp³-hybridized carbons (Fsp3) is 0.227. The minimum absolute atomic E-state index is 0.200. The smallest absolute Gasteiger partial charge is 0.337 e. The van der Waals surface area contributed by atoms with Crippen LogP contribution in [0.15, 0.2) is 59.8 Å². The summed E-state index contributed by atoms with van der Waals surface area (Å²) in [6, 6.07) is 14.2. The van der Waals surface area contributed by atoms with Crippen molar-refractivity contribution in [1.29, 1.82) is 0 Å². The molecule has 6 nitrogen and oxygen atoms in total. The molecular formula is C22H23N3O3S. The molecule has 0 fully saturated rings. The number of aryl methyl sites for hydroxylation is 1. The molecule has 2 aromatic rings. The molecule has 0 radical (unpaired) electrons. The van der Waals surface area contributed by atoms with Gasteiger partial charge in [0.25, 0.3) is 5.91 Å². The van der Waals surface area contributed by atoms with Crippen molar-refractivity contribution in [2.24, 2.45) is 0 Å². The molecule has 29 heavy (non-hydrogen) atoms.